The summed E-state index contributed by atoms with van der Waals surface area (Å²) in [6.07, 6.45) is -0.127. The van der Waals surface area contributed by atoms with Gasteiger partial charge in [-0.15, -0.1) is 0 Å². The number of aliphatic carboxylic acids is 1. The van der Waals surface area contributed by atoms with Crippen molar-refractivity contribution in [3.8, 4) is 0 Å². The number of nitrogens with one attached hydrogen (secondary N) is 1. The number of rotatable bonds is 4. The topological polar surface area (TPSA) is 92.4 Å². The third-order valence-electron chi connectivity index (χ3n) is 1.97. The zero-order valence-electron chi connectivity index (χ0n) is 9.40. The number of nitrogens with zero attached hydrogens (tertiary/aromatic N) is 1. The highest BCUT2D eigenvalue weighted by atomic mass is 16.4. The van der Waals surface area contributed by atoms with Crippen LogP contribution in [0.4, 0.5) is 0 Å². The van der Waals surface area contributed by atoms with Gasteiger partial charge in [-0.3, -0.25) is 9.59 Å². The standard InChI is InChI=1S/C10H14N2O4/c1-5(4-8(13)14)11-10(15)9-6(2)12-7(3)16-9/h5H,4H2,1-3H3,(H,11,15)(H,13,14). The quantitative estimate of drug-likeness (QED) is 0.795. The van der Waals surface area contributed by atoms with Gasteiger partial charge in [0.2, 0.25) is 5.76 Å². The Kier molecular flexibility index (Phi) is 3.65. The second-order valence-corrected chi connectivity index (χ2v) is 3.62. The van der Waals surface area contributed by atoms with Crippen molar-refractivity contribution in [1.29, 1.82) is 0 Å². The van der Waals surface area contributed by atoms with Crippen LogP contribution in [0.15, 0.2) is 4.42 Å². The first kappa shape index (κ1) is 12.2. The zero-order chi connectivity index (χ0) is 12.3. The number of aromatic nitrogens is 1. The Morgan fingerprint density at radius 3 is 2.56 bits per heavy atom. The van der Waals surface area contributed by atoms with Gasteiger partial charge in [0.15, 0.2) is 5.89 Å². The molecule has 0 saturated heterocycles. The minimum absolute atomic E-state index is 0.127. The van der Waals surface area contributed by atoms with Crippen LogP contribution in [0.5, 0.6) is 0 Å². The molecule has 1 atom stereocenters. The Balaban J connectivity index is 2.65. The molecule has 1 amide bonds. The van der Waals surface area contributed by atoms with E-state index in [2.05, 4.69) is 10.3 Å². The molecule has 2 N–H and O–H groups in total. The van der Waals surface area contributed by atoms with E-state index in [0.29, 0.717) is 11.6 Å². The van der Waals surface area contributed by atoms with E-state index in [4.69, 9.17) is 9.52 Å². The van der Waals surface area contributed by atoms with Crippen LogP contribution < -0.4 is 5.32 Å². The number of hydrogen-bond donors (Lipinski definition) is 2. The predicted molar refractivity (Wildman–Crippen MR) is 55.2 cm³/mol. The number of amides is 1. The molecule has 0 radical (unpaired) electrons. The van der Waals surface area contributed by atoms with Gasteiger partial charge in [-0.25, -0.2) is 4.98 Å². The number of carbonyl (C=O) groups is 2. The molecule has 0 aliphatic heterocycles. The van der Waals surface area contributed by atoms with Gasteiger partial charge in [0, 0.05) is 13.0 Å². The highest BCUT2D eigenvalue weighted by Gasteiger charge is 2.18. The molecule has 0 aliphatic rings. The predicted octanol–water partition coefficient (Wildman–Crippen LogP) is 0.884. The van der Waals surface area contributed by atoms with E-state index >= 15 is 0 Å². The van der Waals surface area contributed by atoms with Crippen molar-refractivity contribution in [3.05, 3.63) is 17.3 Å². The Morgan fingerprint density at radius 2 is 2.12 bits per heavy atom. The highest BCUT2D eigenvalue weighted by molar-refractivity contribution is 5.92. The van der Waals surface area contributed by atoms with Crippen LogP contribution in [0.1, 0.15) is 35.5 Å². The lowest BCUT2D eigenvalue weighted by Gasteiger charge is -2.09. The van der Waals surface area contributed by atoms with Gasteiger partial charge in [0.05, 0.1) is 12.1 Å². The molecule has 0 aromatic carbocycles. The molecule has 1 unspecified atom stereocenters. The summed E-state index contributed by atoms with van der Waals surface area (Å²) in [4.78, 5) is 26.0. The summed E-state index contributed by atoms with van der Waals surface area (Å²) >= 11 is 0. The zero-order valence-corrected chi connectivity index (χ0v) is 9.40. The Labute approximate surface area is 92.7 Å². The van der Waals surface area contributed by atoms with Crippen molar-refractivity contribution >= 4 is 11.9 Å². The number of aryl methyl sites for hydroxylation is 2. The van der Waals surface area contributed by atoms with Gasteiger partial charge >= 0.3 is 5.97 Å². The van der Waals surface area contributed by atoms with Crippen LogP contribution in [-0.4, -0.2) is 28.0 Å². The molecule has 0 spiro atoms. The summed E-state index contributed by atoms with van der Waals surface area (Å²) in [7, 11) is 0. The number of carboxylic acid groups (broad SMARTS) is 1. The maximum atomic E-state index is 11.6. The average Bonchev–Trinajstić information content (AvgIpc) is 2.43. The maximum absolute atomic E-state index is 11.6. The summed E-state index contributed by atoms with van der Waals surface area (Å²) in [5, 5.41) is 11.1. The Hall–Kier alpha value is -1.85. The molecule has 1 rings (SSSR count). The van der Waals surface area contributed by atoms with E-state index in [1.807, 2.05) is 0 Å². The lowest BCUT2D eigenvalue weighted by atomic mass is 10.2. The fraction of sp³-hybridized carbons (Fsp3) is 0.500. The van der Waals surface area contributed by atoms with Gasteiger partial charge < -0.3 is 14.8 Å². The average molecular weight is 226 g/mol. The first-order valence-electron chi connectivity index (χ1n) is 4.87. The van der Waals surface area contributed by atoms with Crippen LogP contribution in [0.3, 0.4) is 0 Å². The summed E-state index contributed by atoms with van der Waals surface area (Å²) in [6.45, 7) is 4.92. The molecule has 0 saturated carbocycles. The second-order valence-electron chi connectivity index (χ2n) is 3.62. The highest BCUT2D eigenvalue weighted by Crippen LogP contribution is 2.09. The molecule has 0 aliphatic carbocycles. The molecular weight excluding hydrogens is 212 g/mol. The van der Waals surface area contributed by atoms with Crippen LogP contribution in [-0.2, 0) is 4.79 Å². The summed E-state index contributed by atoms with van der Waals surface area (Å²) in [5.74, 6) is -0.853. The molecular formula is C10H14N2O4. The monoisotopic (exact) mass is 226 g/mol. The van der Waals surface area contributed by atoms with E-state index in [1.165, 1.54) is 0 Å². The number of carboxylic acids is 1. The van der Waals surface area contributed by atoms with E-state index in [9.17, 15) is 9.59 Å². The molecule has 1 heterocycles. The van der Waals surface area contributed by atoms with Gasteiger partial charge in [-0.05, 0) is 13.8 Å². The van der Waals surface area contributed by atoms with Crippen molar-refractivity contribution in [2.24, 2.45) is 0 Å². The summed E-state index contributed by atoms with van der Waals surface area (Å²) in [6, 6.07) is -0.449. The van der Waals surface area contributed by atoms with Gasteiger partial charge in [-0.2, -0.15) is 0 Å². The second kappa shape index (κ2) is 4.78. The van der Waals surface area contributed by atoms with Crippen molar-refractivity contribution < 1.29 is 19.1 Å². The van der Waals surface area contributed by atoms with Crippen LogP contribution in [0.25, 0.3) is 0 Å². The van der Waals surface area contributed by atoms with Gasteiger partial charge in [-0.1, -0.05) is 0 Å². The molecule has 1 aromatic rings. The molecule has 16 heavy (non-hydrogen) atoms. The maximum Gasteiger partial charge on any atom is 0.305 e. The van der Waals surface area contributed by atoms with Gasteiger partial charge in [0.25, 0.3) is 5.91 Å². The fourth-order valence-corrected chi connectivity index (χ4v) is 1.34. The Bertz CT molecular complexity index is 411. The first-order valence-corrected chi connectivity index (χ1v) is 4.87. The third kappa shape index (κ3) is 3.08. The van der Waals surface area contributed by atoms with Crippen molar-refractivity contribution in [2.75, 3.05) is 0 Å². The molecule has 6 heteroatoms. The summed E-state index contributed by atoms with van der Waals surface area (Å²) < 4.78 is 5.11. The fourth-order valence-electron chi connectivity index (χ4n) is 1.34. The normalized spacial score (nSPS) is 12.2. The minimum atomic E-state index is -0.960. The van der Waals surface area contributed by atoms with E-state index in [1.54, 1.807) is 20.8 Å². The molecule has 88 valence electrons. The van der Waals surface area contributed by atoms with Crippen LogP contribution >= 0.6 is 0 Å². The van der Waals surface area contributed by atoms with Crippen LogP contribution in [0, 0.1) is 13.8 Å². The van der Waals surface area contributed by atoms with Crippen molar-refractivity contribution in [1.82, 2.24) is 10.3 Å². The van der Waals surface area contributed by atoms with E-state index in [-0.39, 0.29) is 12.2 Å². The third-order valence-corrected chi connectivity index (χ3v) is 1.97. The molecule has 0 fully saturated rings. The lowest BCUT2D eigenvalue weighted by Crippen LogP contribution is -2.34. The van der Waals surface area contributed by atoms with Crippen molar-refractivity contribution in [2.45, 2.75) is 33.2 Å². The SMILES string of the molecule is Cc1nc(C)c(C(=O)NC(C)CC(=O)O)o1. The largest absolute Gasteiger partial charge is 0.481 e. The van der Waals surface area contributed by atoms with Gasteiger partial charge in [0.1, 0.15) is 0 Å². The minimum Gasteiger partial charge on any atom is -0.481 e. The van der Waals surface area contributed by atoms with Crippen LogP contribution in [0.2, 0.25) is 0 Å². The van der Waals surface area contributed by atoms with E-state index in [0.717, 1.165) is 0 Å². The first-order chi connectivity index (χ1) is 7.40. The smallest absolute Gasteiger partial charge is 0.305 e. The van der Waals surface area contributed by atoms with Crippen molar-refractivity contribution in [3.63, 3.8) is 0 Å². The number of hydrogen-bond acceptors (Lipinski definition) is 4. The number of oxazole rings is 1. The van der Waals surface area contributed by atoms with E-state index < -0.39 is 17.9 Å². The molecule has 1 aromatic heterocycles. The molecule has 6 nitrogen and oxygen atoms in total. The number of carbonyl (C=O) groups excluding carboxylic acids is 1. The lowest BCUT2D eigenvalue weighted by molar-refractivity contribution is -0.137. The summed E-state index contributed by atoms with van der Waals surface area (Å²) in [5.41, 5.74) is 0.498. The Morgan fingerprint density at radius 1 is 1.50 bits per heavy atom. The molecule has 0 bridgehead atoms.